The van der Waals surface area contributed by atoms with Gasteiger partial charge in [-0.15, -0.1) is 0 Å². The van der Waals surface area contributed by atoms with Crippen LogP contribution in [0.25, 0.3) is 0 Å². The van der Waals surface area contributed by atoms with Gasteiger partial charge < -0.3 is 14.9 Å². The second kappa shape index (κ2) is 6.74. The van der Waals surface area contributed by atoms with E-state index in [1.165, 1.54) is 7.11 Å². The summed E-state index contributed by atoms with van der Waals surface area (Å²) in [6.45, 7) is 0. The number of methoxy groups -OCH3 is 1. The number of carbonyl (C=O) groups excluding carboxylic acids is 1. The van der Waals surface area contributed by atoms with Crippen molar-refractivity contribution in [2.24, 2.45) is 0 Å². The number of rotatable bonds is 5. The molecule has 96 valence electrons. The van der Waals surface area contributed by atoms with Gasteiger partial charge in [0.2, 0.25) is 0 Å². The van der Waals surface area contributed by atoms with Crippen LogP contribution in [0.1, 0.15) is 23.7 Å². The van der Waals surface area contributed by atoms with Crippen LogP contribution in [0.4, 0.5) is 0 Å². The zero-order valence-corrected chi connectivity index (χ0v) is 10.0. The standard InChI is InChI=1S/C13H15NO4/c1-18-12(16)8-9-3-2-4-10(7-9)13(17)11(15)5-6-14/h2-4,7,11,13,15,17H,5,8H2,1H3. The Kier molecular flexibility index (Phi) is 5.31. The fourth-order valence-corrected chi connectivity index (χ4v) is 1.55. The SMILES string of the molecule is COC(=O)Cc1cccc(C(O)C(O)CC#N)c1. The van der Waals surface area contributed by atoms with Crippen molar-refractivity contribution in [3.8, 4) is 6.07 Å². The van der Waals surface area contributed by atoms with E-state index in [0.29, 0.717) is 11.1 Å². The van der Waals surface area contributed by atoms with Gasteiger partial charge in [0.25, 0.3) is 0 Å². The lowest BCUT2D eigenvalue weighted by Gasteiger charge is -2.16. The molecule has 0 spiro atoms. The van der Waals surface area contributed by atoms with Crippen LogP contribution in [0.2, 0.25) is 0 Å². The molecule has 1 rings (SSSR count). The number of hydrogen-bond donors (Lipinski definition) is 2. The number of aliphatic hydroxyl groups is 2. The Morgan fingerprint density at radius 3 is 2.83 bits per heavy atom. The van der Waals surface area contributed by atoms with E-state index < -0.39 is 12.2 Å². The van der Waals surface area contributed by atoms with E-state index in [0.717, 1.165) is 0 Å². The molecule has 2 N–H and O–H groups in total. The van der Waals surface area contributed by atoms with Crippen LogP contribution in [0.15, 0.2) is 24.3 Å². The van der Waals surface area contributed by atoms with Gasteiger partial charge in [-0.25, -0.2) is 0 Å². The highest BCUT2D eigenvalue weighted by atomic mass is 16.5. The molecule has 0 saturated heterocycles. The second-order valence-electron chi connectivity index (χ2n) is 3.87. The van der Waals surface area contributed by atoms with Gasteiger partial charge in [-0.3, -0.25) is 4.79 Å². The summed E-state index contributed by atoms with van der Waals surface area (Å²) in [5.41, 5.74) is 1.15. The number of carbonyl (C=O) groups is 1. The molecule has 0 fully saturated rings. The van der Waals surface area contributed by atoms with Crippen LogP contribution in [0, 0.1) is 11.3 Å². The maximum atomic E-state index is 11.1. The van der Waals surface area contributed by atoms with Gasteiger partial charge in [0.05, 0.1) is 32.1 Å². The van der Waals surface area contributed by atoms with Crippen LogP contribution in [-0.4, -0.2) is 29.4 Å². The molecular formula is C13H15NO4. The summed E-state index contributed by atoms with van der Waals surface area (Å²) < 4.78 is 4.55. The van der Waals surface area contributed by atoms with Crippen molar-refractivity contribution in [2.45, 2.75) is 25.0 Å². The molecule has 0 amide bonds. The van der Waals surface area contributed by atoms with E-state index in [1.54, 1.807) is 30.3 Å². The third kappa shape index (κ3) is 3.84. The van der Waals surface area contributed by atoms with Crippen molar-refractivity contribution in [3.63, 3.8) is 0 Å². The Bertz CT molecular complexity index is 453. The van der Waals surface area contributed by atoms with Gasteiger partial charge in [-0.1, -0.05) is 24.3 Å². The maximum absolute atomic E-state index is 11.1. The zero-order valence-electron chi connectivity index (χ0n) is 10.0. The highest BCUT2D eigenvalue weighted by molar-refractivity contribution is 5.72. The topological polar surface area (TPSA) is 90.6 Å². The Morgan fingerprint density at radius 2 is 2.22 bits per heavy atom. The highest BCUT2D eigenvalue weighted by Gasteiger charge is 2.18. The molecule has 0 aliphatic rings. The number of nitrogens with zero attached hydrogens (tertiary/aromatic N) is 1. The van der Waals surface area contributed by atoms with Gasteiger partial charge in [-0.05, 0) is 11.1 Å². The summed E-state index contributed by atoms with van der Waals surface area (Å²) in [4.78, 5) is 11.1. The summed E-state index contributed by atoms with van der Waals surface area (Å²) in [6.07, 6.45) is -2.32. The molecule has 0 radical (unpaired) electrons. The third-order valence-electron chi connectivity index (χ3n) is 2.53. The lowest BCUT2D eigenvalue weighted by Crippen LogP contribution is -2.17. The molecule has 2 unspecified atom stereocenters. The van der Waals surface area contributed by atoms with Crippen LogP contribution < -0.4 is 0 Å². The maximum Gasteiger partial charge on any atom is 0.309 e. The van der Waals surface area contributed by atoms with Gasteiger partial charge in [0, 0.05) is 0 Å². The molecule has 18 heavy (non-hydrogen) atoms. The second-order valence-corrected chi connectivity index (χ2v) is 3.87. The number of ether oxygens (including phenoxy) is 1. The largest absolute Gasteiger partial charge is 0.469 e. The number of esters is 1. The summed E-state index contributed by atoms with van der Waals surface area (Å²) >= 11 is 0. The zero-order chi connectivity index (χ0) is 13.5. The van der Waals surface area contributed by atoms with Crippen molar-refractivity contribution in [3.05, 3.63) is 35.4 Å². The molecule has 0 bridgehead atoms. The lowest BCUT2D eigenvalue weighted by molar-refractivity contribution is -0.139. The van der Waals surface area contributed by atoms with Crippen LogP contribution in [-0.2, 0) is 16.0 Å². The number of aliphatic hydroxyl groups excluding tert-OH is 2. The molecule has 0 heterocycles. The first-order chi connectivity index (χ1) is 8.58. The van der Waals surface area contributed by atoms with E-state index in [-0.39, 0.29) is 18.8 Å². The lowest BCUT2D eigenvalue weighted by atomic mass is 9.99. The minimum Gasteiger partial charge on any atom is -0.469 e. The normalized spacial score (nSPS) is 13.4. The first-order valence-electron chi connectivity index (χ1n) is 5.47. The van der Waals surface area contributed by atoms with Crippen LogP contribution >= 0.6 is 0 Å². The Balaban J connectivity index is 2.81. The first kappa shape index (κ1) is 14.2. The fourth-order valence-electron chi connectivity index (χ4n) is 1.55. The summed E-state index contributed by atoms with van der Waals surface area (Å²) in [7, 11) is 1.30. The third-order valence-corrected chi connectivity index (χ3v) is 2.53. The molecule has 0 aromatic heterocycles. The smallest absolute Gasteiger partial charge is 0.309 e. The minimum atomic E-state index is -1.14. The molecular weight excluding hydrogens is 234 g/mol. The average molecular weight is 249 g/mol. The van der Waals surface area contributed by atoms with Crippen LogP contribution in [0.5, 0.6) is 0 Å². The van der Waals surface area contributed by atoms with Gasteiger partial charge in [0.15, 0.2) is 0 Å². The van der Waals surface area contributed by atoms with Gasteiger partial charge in [0.1, 0.15) is 6.10 Å². The average Bonchev–Trinajstić information content (AvgIpc) is 2.38. The fraction of sp³-hybridized carbons (Fsp3) is 0.385. The minimum absolute atomic E-state index is 0.103. The van der Waals surface area contributed by atoms with E-state index in [2.05, 4.69) is 4.74 Å². The molecule has 1 aromatic rings. The summed E-state index contributed by atoms with van der Waals surface area (Å²) in [6, 6.07) is 8.44. The first-order valence-corrected chi connectivity index (χ1v) is 5.47. The van der Waals surface area contributed by atoms with Crippen molar-refractivity contribution >= 4 is 5.97 Å². The number of benzene rings is 1. The Morgan fingerprint density at radius 1 is 1.50 bits per heavy atom. The molecule has 1 aromatic carbocycles. The van der Waals surface area contributed by atoms with E-state index >= 15 is 0 Å². The van der Waals surface area contributed by atoms with Gasteiger partial charge >= 0.3 is 5.97 Å². The van der Waals surface area contributed by atoms with Crippen molar-refractivity contribution in [1.29, 1.82) is 5.26 Å². The summed E-state index contributed by atoms with van der Waals surface area (Å²) in [5.74, 6) is -0.376. The molecule has 2 atom stereocenters. The predicted molar refractivity (Wildman–Crippen MR) is 63.4 cm³/mol. The van der Waals surface area contributed by atoms with Crippen molar-refractivity contribution in [2.75, 3.05) is 7.11 Å². The predicted octanol–water partition coefficient (Wildman–Crippen LogP) is 0.710. The Labute approximate surface area is 105 Å². The number of hydrogen-bond acceptors (Lipinski definition) is 5. The molecule has 0 aliphatic heterocycles. The number of nitriles is 1. The molecule has 0 aliphatic carbocycles. The van der Waals surface area contributed by atoms with Gasteiger partial charge in [-0.2, -0.15) is 5.26 Å². The van der Waals surface area contributed by atoms with E-state index in [1.807, 2.05) is 0 Å². The highest BCUT2D eigenvalue weighted by Crippen LogP contribution is 2.20. The van der Waals surface area contributed by atoms with E-state index in [9.17, 15) is 15.0 Å². The summed E-state index contributed by atoms with van der Waals surface area (Å²) in [5, 5.41) is 27.8. The quantitative estimate of drug-likeness (QED) is 0.750. The Hall–Kier alpha value is -1.90. The van der Waals surface area contributed by atoms with Crippen LogP contribution in [0.3, 0.4) is 0 Å². The molecule has 5 heteroatoms. The van der Waals surface area contributed by atoms with Crippen molar-refractivity contribution in [1.82, 2.24) is 0 Å². The monoisotopic (exact) mass is 249 g/mol. The van der Waals surface area contributed by atoms with Crippen molar-refractivity contribution < 1.29 is 19.7 Å². The van der Waals surface area contributed by atoms with E-state index in [4.69, 9.17) is 5.26 Å². The molecule has 0 saturated carbocycles. The molecule has 5 nitrogen and oxygen atoms in total.